The van der Waals surface area contributed by atoms with Gasteiger partial charge < -0.3 is 19.6 Å². The molecule has 4 nitrogen and oxygen atoms in total. The van der Waals surface area contributed by atoms with Crippen molar-refractivity contribution >= 4 is 113 Å². The van der Waals surface area contributed by atoms with Gasteiger partial charge >= 0.3 is 0 Å². The Labute approximate surface area is 282 Å². The lowest BCUT2D eigenvalue weighted by atomic mass is 10.2. The summed E-state index contributed by atoms with van der Waals surface area (Å²) < 4.78 is 3.78. The van der Waals surface area contributed by atoms with Crippen LogP contribution in [0.5, 0.6) is 0 Å². The minimum Gasteiger partial charge on any atom is -0.358 e. The number of thiocarbonyl (C=S) groups is 4. The molecule has 0 saturated heterocycles. The van der Waals surface area contributed by atoms with Gasteiger partial charge in [0, 0.05) is 52.4 Å². The van der Waals surface area contributed by atoms with Crippen LogP contribution in [0.2, 0.25) is 0 Å². The number of hydrogen-bond acceptors (Lipinski definition) is 8. The molecule has 40 heavy (non-hydrogen) atoms. The molecule has 0 aliphatic carbocycles. The third-order valence-corrected chi connectivity index (χ3v) is 13.5. The lowest BCUT2D eigenvalue weighted by Crippen LogP contribution is -2.29. The summed E-state index contributed by atoms with van der Waals surface area (Å²) in [6.45, 7) is 24.4. The fourth-order valence-corrected chi connectivity index (χ4v) is 11.7. The van der Waals surface area contributed by atoms with E-state index in [1.54, 1.807) is 47.0 Å². The predicted octanol–water partition coefficient (Wildman–Crippen LogP) is 9.12. The van der Waals surface area contributed by atoms with Crippen molar-refractivity contribution in [1.29, 1.82) is 0 Å². The van der Waals surface area contributed by atoms with Crippen LogP contribution in [-0.4, -0.2) is 89.2 Å². The second kappa shape index (κ2) is 21.0. The Morgan fingerprint density at radius 3 is 0.775 bits per heavy atom. The van der Waals surface area contributed by atoms with Crippen molar-refractivity contribution < 1.29 is 0 Å². The first-order valence-electron chi connectivity index (χ1n) is 14.1. The van der Waals surface area contributed by atoms with Crippen molar-refractivity contribution in [1.82, 2.24) is 19.6 Å². The molecular formula is C28H46N4S8. The maximum Gasteiger partial charge on any atom is 0.137 e. The van der Waals surface area contributed by atoms with E-state index in [-0.39, 0.29) is 9.16 Å². The standard InChI is InChI=1S/C28H46N4S8/c1-9-29(10-2)25(33)37-23(38-26(34)30(11-3)12-4)21-17-19-22(20-18-21)24(39-27(35)31(13-5)14-6)40-28(36)32(15-7)16-8/h17-20,23-24H,9-16H2,1-8H3. The maximum absolute atomic E-state index is 5.86. The summed E-state index contributed by atoms with van der Waals surface area (Å²) in [4.78, 5) is 8.92. The topological polar surface area (TPSA) is 13.0 Å². The van der Waals surface area contributed by atoms with Crippen molar-refractivity contribution in [3.63, 3.8) is 0 Å². The molecule has 0 radical (unpaired) electrons. The SMILES string of the molecule is CCN(CC)C(=S)SC(SC(=S)N(CC)CC)c1ccc(C(SC(=S)N(CC)CC)SC(=S)N(CC)CC)cc1. The highest BCUT2D eigenvalue weighted by atomic mass is 32.2. The number of thioether (sulfide) groups is 4. The minimum atomic E-state index is 0.0718. The second-order valence-corrected chi connectivity index (χ2v) is 16.1. The molecule has 0 N–H and O–H groups in total. The summed E-state index contributed by atoms with van der Waals surface area (Å²) in [7, 11) is 0. The van der Waals surface area contributed by atoms with Crippen LogP contribution in [-0.2, 0) is 0 Å². The van der Waals surface area contributed by atoms with E-state index in [0.29, 0.717) is 0 Å². The van der Waals surface area contributed by atoms with Crippen LogP contribution in [0.4, 0.5) is 0 Å². The van der Waals surface area contributed by atoms with Crippen molar-refractivity contribution in [3.05, 3.63) is 35.4 Å². The first-order valence-corrected chi connectivity index (χ1v) is 19.2. The first-order chi connectivity index (χ1) is 19.1. The Bertz CT molecular complexity index is 800. The van der Waals surface area contributed by atoms with Gasteiger partial charge in [-0.3, -0.25) is 0 Å². The molecule has 0 heterocycles. The fraction of sp³-hybridized carbons (Fsp3) is 0.643. The molecule has 0 saturated carbocycles. The van der Waals surface area contributed by atoms with Crippen LogP contribution in [0.1, 0.15) is 75.7 Å². The van der Waals surface area contributed by atoms with Crippen molar-refractivity contribution in [2.24, 2.45) is 0 Å². The van der Waals surface area contributed by atoms with Gasteiger partial charge in [0.25, 0.3) is 0 Å². The Kier molecular flexibility index (Phi) is 20.0. The normalized spacial score (nSPS) is 11.1. The molecule has 0 aromatic heterocycles. The summed E-state index contributed by atoms with van der Waals surface area (Å²) in [5, 5.41) is 0. The van der Waals surface area contributed by atoms with Crippen LogP contribution in [0.15, 0.2) is 24.3 Å². The van der Waals surface area contributed by atoms with Crippen LogP contribution < -0.4 is 0 Å². The highest BCUT2D eigenvalue weighted by Gasteiger charge is 2.25. The zero-order valence-electron chi connectivity index (χ0n) is 25.2. The fourth-order valence-electron chi connectivity index (χ4n) is 3.72. The first kappa shape index (κ1) is 38.2. The van der Waals surface area contributed by atoms with E-state index < -0.39 is 0 Å². The zero-order valence-corrected chi connectivity index (χ0v) is 31.7. The van der Waals surface area contributed by atoms with Crippen LogP contribution in [0.3, 0.4) is 0 Å². The average molecular weight is 695 g/mol. The third kappa shape index (κ3) is 12.1. The molecule has 0 aliphatic heterocycles. The molecule has 226 valence electrons. The summed E-state index contributed by atoms with van der Waals surface area (Å²) in [5.41, 5.74) is 2.41. The zero-order chi connectivity index (χ0) is 30.2. The number of rotatable bonds is 14. The van der Waals surface area contributed by atoms with E-state index in [4.69, 9.17) is 48.9 Å². The van der Waals surface area contributed by atoms with Gasteiger partial charge in [0.1, 0.15) is 17.3 Å². The monoisotopic (exact) mass is 694 g/mol. The number of nitrogens with zero attached hydrogens (tertiary/aromatic N) is 4. The molecule has 0 atom stereocenters. The number of hydrogen-bond donors (Lipinski definition) is 0. The molecule has 0 bridgehead atoms. The van der Waals surface area contributed by atoms with E-state index in [0.717, 1.165) is 69.6 Å². The Morgan fingerprint density at radius 1 is 0.450 bits per heavy atom. The molecule has 0 aliphatic rings. The summed E-state index contributed by atoms with van der Waals surface area (Å²) in [6, 6.07) is 8.91. The van der Waals surface area contributed by atoms with Gasteiger partial charge in [-0.1, -0.05) is 120 Å². The molecule has 1 aromatic carbocycles. The number of benzene rings is 1. The highest BCUT2D eigenvalue weighted by Crippen LogP contribution is 2.45. The maximum atomic E-state index is 5.86. The predicted molar refractivity (Wildman–Crippen MR) is 204 cm³/mol. The van der Waals surface area contributed by atoms with E-state index >= 15 is 0 Å². The van der Waals surface area contributed by atoms with Gasteiger partial charge in [-0.15, -0.1) is 0 Å². The van der Waals surface area contributed by atoms with Crippen molar-refractivity contribution in [2.75, 3.05) is 52.4 Å². The smallest absolute Gasteiger partial charge is 0.137 e. The Morgan fingerprint density at radius 2 is 0.625 bits per heavy atom. The van der Waals surface area contributed by atoms with Gasteiger partial charge in [0.15, 0.2) is 0 Å². The summed E-state index contributed by atoms with van der Waals surface area (Å²) in [6.07, 6.45) is 0. The van der Waals surface area contributed by atoms with Gasteiger partial charge in [0.2, 0.25) is 0 Å². The minimum absolute atomic E-state index is 0.0718. The Hall–Kier alpha value is 0.180. The van der Waals surface area contributed by atoms with Gasteiger partial charge in [-0.25, -0.2) is 0 Å². The molecule has 12 heteroatoms. The molecule has 1 rings (SSSR count). The van der Waals surface area contributed by atoms with E-state index in [1.165, 1.54) is 11.1 Å². The average Bonchev–Trinajstić information content (AvgIpc) is 2.95. The highest BCUT2D eigenvalue weighted by molar-refractivity contribution is 8.36. The molecule has 0 fully saturated rings. The molecule has 0 unspecified atom stereocenters. The Balaban J connectivity index is 3.36. The molecular weight excluding hydrogens is 649 g/mol. The largest absolute Gasteiger partial charge is 0.358 e. The van der Waals surface area contributed by atoms with Gasteiger partial charge in [-0.2, -0.15) is 0 Å². The van der Waals surface area contributed by atoms with Crippen molar-refractivity contribution in [3.8, 4) is 0 Å². The molecule has 0 spiro atoms. The lowest BCUT2D eigenvalue weighted by Gasteiger charge is -2.29. The van der Waals surface area contributed by atoms with E-state index in [1.807, 2.05) is 0 Å². The molecule has 1 aromatic rings. The van der Waals surface area contributed by atoms with Crippen LogP contribution in [0, 0.1) is 0 Å². The summed E-state index contributed by atoms with van der Waals surface area (Å²) >= 11 is 30.3. The quantitative estimate of drug-likeness (QED) is 0.136. The second-order valence-electron chi connectivity index (χ2n) is 8.55. The summed E-state index contributed by atoms with van der Waals surface area (Å²) in [5.74, 6) is 0. The van der Waals surface area contributed by atoms with Gasteiger partial charge in [0.05, 0.1) is 9.16 Å². The van der Waals surface area contributed by atoms with Crippen molar-refractivity contribution in [2.45, 2.75) is 64.6 Å². The van der Waals surface area contributed by atoms with Crippen LogP contribution in [0.25, 0.3) is 0 Å². The van der Waals surface area contributed by atoms with E-state index in [9.17, 15) is 0 Å². The molecule has 0 amide bonds. The van der Waals surface area contributed by atoms with Gasteiger partial charge in [-0.05, 0) is 66.5 Å². The lowest BCUT2D eigenvalue weighted by molar-refractivity contribution is 0.482. The third-order valence-electron chi connectivity index (χ3n) is 6.40. The van der Waals surface area contributed by atoms with E-state index in [2.05, 4.69) is 99.3 Å². The van der Waals surface area contributed by atoms with Crippen LogP contribution >= 0.6 is 95.9 Å².